The maximum atomic E-state index is 11.5. The molecule has 0 aliphatic rings. The van der Waals surface area contributed by atoms with Crippen LogP contribution in [0.2, 0.25) is 0 Å². The summed E-state index contributed by atoms with van der Waals surface area (Å²) in [5, 5.41) is 4.32. The lowest BCUT2D eigenvalue weighted by Gasteiger charge is -2.19. The monoisotopic (exact) mass is 274 g/mol. The lowest BCUT2D eigenvalue weighted by molar-refractivity contribution is -0.153. The molecule has 0 fully saturated rings. The van der Waals surface area contributed by atoms with E-state index in [2.05, 4.69) is 28.5 Å². The highest BCUT2D eigenvalue weighted by molar-refractivity contribution is 5.80. The zero-order chi connectivity index (χ0) is 14.6. The highest BCUT2D eigenvalue weighted by atomic mass is 16.6. The van der Waals surface area contributed by atoms with Gasteiger partial charge in [-0.3, -0.25) is 4.79 Å². The van der Waals surface area contributed by atoms with E-state index in [1.165, 1.54) is 11.1 Å². The standard InChI is InChI=1S/C16H22N2O2/c1-16(2,3)20-15(19)11-17-9-8-13-10-12-6-4-5-7-14(12)18-13/h4-7,10,17-18H,8-9,11H2,1-3H3. The van der Waals surface area contributed by atoms with E-state index in [-0.39, 0.29) is 12.5 Å². The van der Waals surface area contributed by atoms with Gasteiger partial charge in [-0.25, -0.2) is 0 Å². The first-order valence-electron chi connectivity index (χ1n) is 6.93. The number of hydrogen-bond donors (Lipinski definition) is 2. The second kappa shape index (κ2) is 6.09. The molecule has 2 aromatic rings. The third-order valence-electron chi connectivity index (χ3n) is 2.85. The van der Waals surface area contributed by atoms with E-state index in [0.29, 0.717) is 0 Å². The van der Waals surface area contributed by atoms with E-state index < -0.39 is 5.60 Å². The summed E-state index contributed by atoms with van der Waals surface area (Å²) < 4.78 is 5.23. The number of fused-ring (bicyclic) bond motifs is 1. The third-order valence-corrected chi connectivity index (χ3v) is 2.85. The van der Waals surface area contributed by atoms with Crippen LogP contribution in [0.15, 0.2) is 30.3 Å². The largest absolute Gasteiger partial charge is 0.459 e. The Hall–Kier alpha value is -1.81. The molecule has 0 bridgehead atoms. The van der Waals surface area contributed by atoms with Crippen LogP contribution in [0.25, 0.3) is 10.9 Å². The first-order chi connectivity index (χ1) is 9.44. The summed E-state index contributed by atoms with van der Waals surface area (Å²) in [7, 11) is 0. The van der Waals surface area contributed by atoms with Crippen LogP contribution < -0.4 is 5.32 Å². The zero-order valence-corrected chi connectivity index (χ0v) is 12.3. The van der Waals surface area contributed by atoms with Gasteiger partial charge in [0.25, 0.3) is 0 Å². The summed E-state index contributed by atoms with van der Waals surface area (Å²) >= 11 is 0. The highest BCUT2D eigenvalue weighted by Gasteiger charge is 2.15. The van der Waals surface area contributed by atoms with Crippen LogP contribution in [0.3, 0.4) is 0 Å². The number of esters is 1. The summed E-state index contributed by atoms with van der Waals surface area (Å²) in [4.78, 5) is 14.9. The number of ether oxygens (including phenoxy) is 1. The van der Waals surface area contributed by atoms with Crippen molar-refractivity contribution in [1.82, 2.24) is 10.3 Å². The number of aromatic nitrogens is 1. The van der Waals surface area contributed by atoms with Crippen molar-refractivity contribution in [3.8, 4) is 0 Å². The quantitative estimate of drug-likeness (QED) is 0.651. The molecule has 0 amide bonds. The molecule has 0 radical (unpaired) electrons. The number of aromatic amines is 1. The predicted molar refractivity (Wildman–Crippen MR) is 80.7 cm³/mol. The molecule has 0 aliphatic carbocycles. The molecule has 108 valence electrons. The van der Waals surface area contributed by atoms with Crippen LogP contribution in [0, 0.1) is 0 Å². The van der Waals surface area contributed by atoms with Gasteiger partial charge in [-0.05, 0) is 44.7 Å². The van der Waals surface area contributed by atoms with Crippen molar-refractivity contribution in [3.63, 3.8) is 0 Å². The topological polar surface area (TPSA) is 54.1 Å². The van der Waals surface area contributed by atoms with Crippen molar-refractivity contribution in [2.24, 2.45) is 0 Å². The van der Waals surface area contributed by atoms with E-state index >= 15 is 0 Å². The molecule has 0 unspecified atom stereocenters. The first kappa shape index (κ1) is 14.6. The molecule has 0 atom stereocenters. The fraction of sp³-hybridized carbons (Fsp3) is 0.438. The Morgan fingerprint density at radius 3 is 2.75 bits per heavy atom. The lowest BCUT2D eigenvalue weighted by Crippen LogP contribution is -2.32. The van der Waals surface area contributed by atoms with Crippen LogP contribution in [0.1, 0.15) is 26.5 Å². The van der Waals surface area contributed by atoms with E-state index in [9.17, 15) is 4.79 Å². The van der Waals surface area contributed by atoms with Gasteiger partial charge in [-0.2, -0.15) is 0 Å². The summed E-state index contributed by atoms with van der Waals surface area (Å²) in [5.41, 5.74) is 1.90. The van der Waals surface area contributed by atoms with Crippen LogP contribution >= 0.6 is 0 Å². The smallest absolute Gasteiger partial charge is 0.320 e. The van der Waals surface area contributed by atoms with Crippen molar-refractivity contribution in [1.29, 1.82) is 0 Å². The Balaban J connectivity index is 1.74. The van der Waals surface area contributed by atoms with E-state index in [1.54, 1.807) is 0 Å². The number of H-pyrrole nitrogens is 1. The molecule has 2 rings (SSSR count). The summed E-state index contributed by atoms with van der Waals surface area (Å²) in [5.74, 6) is -0.214. The number of rotatable bonds is 5. The number of carbonyl (C=O) groups is 1. The average molecular weight is 274 g/mol. The zero-order valence-electron chi connectivity index (χ0n) is 12.3. The Bertz CT molecular complexity index is 548. The van der Waals surface area contributed by atoms with Crippen molar-refractivity contribution in [2.45, 2.75) is 32.8 Å². The SMILES string of the molecule is CC(C)(C)OC(=O)CNCCc1cc2ccccc2[nH]1. The first-order valence-corrected chi connectivity index (χ1v) is 6.93. The molecule has 1 aromatic heterocycles. The number of carbonyl (C=O) groups excluding carboxylic acids is 1. The van der Waals surface area contributed by atoms with Gasteiger partial charge in [0.15, 0.2) is 0 Å². The molecule has 1 aromatic carbocycles. The maximum absolute atomic E-state index is 11.5. The fourth-order valence-electron chi connectivity index (χ4n) is 2.06. The molecule has 4 heteroatoms. The highest BCUT2D eigenvalue weighted by Crippen LogP contribution is 2.14. The van der Waals surface area contributed by atoms with Crippen LogP contribution in [-0.2, 0) is 16.0 Å². The van der Waals surface area contributed by atoms with E-state index in [0.717, 1.165) is 18.5 Å². The Labute approximate surface area is 119 Å². The van der Waals surface area contributed by atoms with Gasteiger partial charge in [0, 0.05) is 17.8 Å². The normalized spacial score (nSPS) is 11.8. The van der Waals surface area contributed by atoms with E-state index in [4.69, 9.17) is 4.74 Å². The predicted octanol–water partition coefficient (Wildman–Crippen LogP) is 2.64. The fourth-order valence-corrected chi connectivity index (χ4v) is 2.06. The Morgan fingerprint density at radius 1 is 1.30 bits per heavy atom. The van der Waals surface area contributed by atoms with Crippen molar-refractivity contribution < 1.29 is 9.53 Å². The van der Waals surface area contributed by atoms with Gasteiger partial charge in [-0.15, -0.1) is 0 Å². The maximum Gasteiger partial charge on any atom is 0.320 e. The Kier molecular flexibility index (Phi) is 4.45. The third kappa shape index (κ3) is 4.38. The number of benzene rings is 1. The minimum absolute atomic E-state index is 0.214. The molecule has 2 N–H and O–H groups in total. The average Bonchev–Trinajstić information content (AvgIpc) is 2.75. The van der Waals surface area contributed by atoms with Gasteiger partial charge in [0.05, 0.1) is 6.54 Å². The molecule has 0 saturated heterocycles. The Morgan fingerprint density at radius 2 is 2.05 bits per heavy atom. The minimum Gasteiger partial charge on any atom is -0.459 e. The van der Waals surface area contributed by atoms with Crippen molar-refractivity contribution in [2.75, 3.05) is 13.1 Å². The van der Waals surface area contributed by atoms with Gasteiger partial charge >= 0.3 is 5.97 Å². The molecular weight excluding hydrogens is 252 g/mol. The number of hydrogen-bond acceptors (Lipinski definition) is 3. The summed E-state index contributed by atoms with van der Waals surface area (Å²) in [6.45, 7) is 6.60. The van der Waals surface area contributed by atoms with Gasteiger partial charge in [0.1, 0.15) is 5.60 Å². The summed E-state index contributed by atoms with van der Waals surface area (Å²) in [6, 6.07) is 10.3. The van der Waals surface area contributed by atoms with Crippen LogP contribution in [0.5, 0.6) is 0 Å². The molecule has 0 saturated carbocycles. The van der Waals surface area contributed by atoms with E-state index in [1.807, 2.05) is 32.9 Å². The second-order valence-corrected chi connectivity index (χ2v) is 5.90. The van der Waals surface area contributed by atoms with Gasteiger partial charge in [0.2, 0.25) is 0 Å². The number of para-hydroxylation sites is 1. The van der Waals surface area contributed by atoms with Crippen LogP contribution in [-0.4, -0.2) is 29.6 Å². The molecule has 20 heavy (non-hydrogen) atoms. The van der Waals surface area contributed by atoms with Gasteiger partial charge in [-0.1, -0.05) is 18.2 Å². The molecule has 0 spiro atoms. The molecule has 4 nitrogen and oxygen atoms in total. The number of nitrogens with one attached hydrogen (secondary N) is 2. The van der Waals surface area contributed by atoms with Crippen molar-refractivity contribution in [3.05, 3.63) is 36.0 Å². The minimum atomic E-state index is -0.421. The molecular formula is C16H22N2O2. The molecule has 1 heterocycles. The second-order valence-electron chi connectivity index (χ2n) is 5.90. The molecule has 0 aliphatic heterocycles. The van der Waals surface area contributed by atoms with Crippen molar-refractivity contribution >= 4 is 16.9 Å². The lowest BCUT2D eigenvalue weighted by atomic mass is 10.2. The van der Waals surface area contributed by atoms with Gasteiger partial charge < -0.3 is 15.0 Å². The summed E-state index contributed by atoms with van der Waals surface area (Å²) in [6.07, 6.45) is 0.859. The van der Waals surface area contributed by atoms with Crippen LogP contribution in [0.4, 0.5) is 0 Å².